The van der Waals surface area contributed by atoms with Crippen LogP contribution in [0.5, 0.6) is 0 Å². The van der Waals surface area contributed by atoms with Crippen LogP contribution in [0.4, 0.5) is 10.1 Å². The fourth-order valence-corrected chi connectivity index (χ4v) is 1.52. The van der Waals surface area contributed by atoms with Crippen molar-refractivity contribution in [2.75, 3.05) is 5.43 Å². The first-order valence-electron chi connectivity index (χ1n) is 5.54. The lowest BCUT2D eigenvalue weighted by Gasteiger charge is -2.04. The lowest BCUT2D eigenvalue weighted by Crippen LogP contribution is -2.02. The molecule has 0 saturated carbocycles. The quantitative estimate of drug-likeness (QED) is 0.654. The van der Waals surface area contributed by atoms with Gasteiger partial charge in [0.15, 0.2) is 0 Å². The van der Waals surface area contributed by atoms with Gasteiger partial charge in [-0.25, -0.2) is 9.18 Å². The molecule has 0 spiro atoms. The Morgan fingerprint density at radius 2 is 1.84 bits per heavy atom. The second-order valence-electron chi connectivity index (χ2n) is 3.74. The molecule has 0 radical (unpaired) electrons. The summed E-state index contributed by atoms with van der Waals surface area (Å²) in [4.78, 5) is 11.0. The third-order valence-corrected chi connectivity index (χ3v) is 2.45. The van der Waals surface area contributed by atoms with Gasteiger partial charge in [0, 0.05) is 5.56 Å². The van der Waals surface area contributed by atoms with Crippen LogP contribution in [0.1, 0.15) is 15.9 Å². The third-order valence-electron chi connectivity index (χ3n) is 2.45. The van der Waals surface area contributed by atoms with Crippen molar-refractivity contribution in [2.45, 2.75) is 0 Å². The molecule has 0 aliphatic heterocycles. The molecule has 0 atom stereocenters. The average molecular weight is 258 g/mol. The highest BCUT2D eigenvalue weighted by Gasteiger charge is 2.07. The molecule has 2 rings (SSSR count). The molecule has 0 aliphatic carbocycles. The van der Waals surface area contributed by atoms with Gasteiger partial charge in [0.25, 0.3) is 0 Å². The minimum Gasteiger partial charge on any atom is -0.478 e. The molecule has 96 valence electrons. The molecule has 0 bridgehead atoms. The Kier molecular flexibility index (Phi) is 3.87. The molecule has 0 fully saturated rings. The van der Waals surface area contributed by atoms with Crippen molar-refractivity contribution < 1.29 is 14.3 Å². The molecule has 0 saturated heterocycles. The number of carbonyl (C=O) groups is 1. The van der Waals surface area contributed by atoms with Gasteiger partial charge in [-0.3, -0.25) is 5.43 Å². The first kappa shape index (κ1) is 12.8. The van der Waals surface area contributed by atoms with Crippen molar-refractivity contribution in [3.8, 4) is 0 Å². The zero-order valence-corrected chi connectivity index (χ0v) is 9.88. The summed E-state index contributed by atoms with van der Waals surface area (Å²) in [7, 11) is 0. The Bertz CT molecular complexity index is 626. The van der Waals surface area contributed by atoms with E-state index >= 15 is 0 Å². The number of benzene rings is 2. The molecule has 0 unspecified atom stereocenters. The summed E-state index contributed by atoms with van der Waals surface area (Å²) in [6.45, 7) is 0. The molecule has 19 heavy (non-hydrogen) atoms. The molecular formula is C14H11FN2O2. The Hall–Kier alpha value is -2.69. The van der Waals surface area contributed by atoms with Gasteiger partial charge in [-0.1, -0.05) is 30.3 Å². The molecule has 0 amide bonds. The molecule has 0 aliphatic rings. The smallest absolute Gasteiger partial charge is 0.337 e. The summed E-state index contributed by atoms with van der Waals surface area (Å²) in [6, 6.07) is 12.5. The van der Waals surface area contributed by atoms with Crippen LogP contribution in [0.15, 0.2) is 53.6 Å². The minimum absolute atomic E-state index is 0.105. The molecule has 4 nitrogen and oxygen atoms in total. The van der Waals surface area contributed by atoms with E-state index in [-0.39, 0.29) is 11.4 Å². The monoisotopic (exact) mass is 258 g/mol. The first-order valence-corrected chi connectivity index (χ1v) is 5.54. The van der Waals surface area contributed by atoms with Crippen LogP contribution in [0.2, 0.25) is 0 Å². The number of hydrazone groups is 1. The summed E-state index contributed by atoms with van der Waals surface area (Å²) in [6.07, 6.45) is 1.30. The van der Waals surface area contributed by atoms with Crippen LogP contribution in [-0.2, 0) is 0 Å². The maximum absolute atomic E-state index is 13.3. The van der Waals surface area contributed by atoms with Crippen molar-refractivity contribution in [1.82, 2.24) is 0 Å². The molecule has 2 aromatic rings. The number of halogens is 1. The number of aromatic carboxylic acids is 1. The van der Waals surface area contributed by atoms with E-state index in [4.69, 9.17) is 5.11 Å². The molecular weight excluding hydrogens is 247 g/mol. The summed E-state index contributed by atoms with van der Waals surface area (Å²) in [5.74, 6) is -1.44. The predicted octanol–water partition coefficient (Wildman–Crippen LogP) is 2.97. The standard InChI is InChI=1S/C14H11FN2O2/c15-12-7-3-1-5-10(12)9-16-17-13-8-4-2-6-11(13)14(18)19/h1-9,17H,(H,18,19). The number of hydrogen-bond donors (Lipinski definition) is 2. The topological polar surface area (TPSA) is 61.7 Å². The SMILES string of the molecule is O=C(O)c1ccccc1NN=Cc1ccccc1F. The maximum Gasteiger partial charge on any atom is 0.337 e. The zero-order valence-electron chi connectivity index (χ0n) is 9.88. The average Bonchev–Trinajstić information content (AvgIpc) is 2.41. The highest BCUT2D eigenvalue weighted by molar-refractivity contribution is 5.94. The fraction of sp³-hybridized carbons (Fsp3) is 0. The van der Waals surface area contributed by atoms with Crippen molar-refractivity contribution >= 4 is 17.9 Å². The molecule has 2 N–H and O–H groups in total. The normalized spacial score (nSPS) is 10.6. The van der Waals surface area contributed by atoms with Gasteiger partial charge in [0.05, 0.1) is 17.5 Å². The summed E-state index contributed by atoms with van der Waals surface area (Å²) < 4.78 is 13.3. The molecule has 0 heterocycles. The Balaban J connectivity index is 2.15. The van der Waals surface area contributed by atoms with Crippen LogP contribution in [0.3, 0.4) is 0 Å². The minimum atomic E-state index is -1.05. The number of nitrogens with zero attached hydrogens (tertiary/aromatic N) is 1. The van der Waals surface area contributed by atoms with Crippen LogP contribution in [0, 0.1) is 5.82 Å². The first-order chi connectivity index (χ1) is 9.18. The van der Waals surface area contributed by atoms with Crippen molar-refractivity contribution in [3.05, 3.63) is 65.5 Å². The van der Waals surface area contributed by atoms with Gasteiger partial charge in [-0.15, -0.1) is 0 Å². The molecule has 0 aromatic heterocycles. The number of nitrogens with one attached hydrogen (secondary N) is 1. The number of carboxylic acid groups (broad SMARTS) is 1. The maximum atomic E-state index is 13.3. The zero-order chi connectivity index (χ0) is 13.7. The predicted molar refractivity (Wildman–Crippen MR) is 71.0 cm³/mol. The van der Waals surface area contributed by atoms with E-state index < -0.39 is 5.97 Å². The van der Waals surface area contributed by atoms with Crippen LogP contribution < -0.4 is 5.43 Å². The third kappa shape index (κ3) is 3.16. The number of rotatable bonds is 4. The van der Waals surface area contributed by atoms with E-state index in [0.717, 1.165) is 0 Å². The molecule has 5 heteroatoms. The lowest BCUT2D eigenvalue weighted by atomic mass is 10.2. The summed E-state index contributed by atoms with van der Waals surface area (Å²) in [5.41, 5.74) is 3.37. The number of carboxylic acids is 1. The Morgan fingerprint density at radius 3 is 2.58 bits per heavy atom. The van der Waals surface area contributed by atoms with Crippen LogP contribution in [0.25, 0.3) is 0 Å². The van der Waals surface area contributed by atoms with E-state index in [1.54, 1.807) is 36.4 Å². The highest BCUT2D eigenvalue weighted by Crippen LogP contribution is 2.14. The van der Waals surface area contributed by atoms with Crippen LogP contribution in [-0.4, -0.2) is 17.3 Å². The molecule has 2 aromatic carbocycles. The number of anilines is 1. The lowest BCUT2D eigenvalue weighted by molar-refractivity contribution is 0.0698. The fourth-order valence-electron chi connectivity index (χ4n) is 1.52. The van der Waals surface area contributed by atoms with E-state index in [0.29, 0.717) is 11.3 Å². The Labute approximate surface area is 109 Å². The van der Waals surface area contributed by atoms with Crippen molar-refractivity contribution in [3.63, 3.8) is 0 Å². The van der Waals surface area contributed by atoms with Gasteiger partial charge in [-0.05, 0) is 18.2 Å². The largest absolute Gasteiger partial charge is 0.478 e. The number of hydrogen-bond acceptors (Lipinski definition) is 3. The van der Waals surface area contributed by atoms with Crippen molar-refractivity contribution in [1.29, 1.82) is 0 Å². The van der Waals surface area contributed by atoms with E-state index in [1.807, 2.05) is 0 Å². The van der Waals surface area contributed by atoms with E-state index in [9.17, 15) is 9.18 Å². The Morgan fingerprint density at radius 1 is 1.16 bits per heavy atom. The van der Waals surface area contributed by atoms with Gasteiger partial charge in [0.2, 0.25) is 0 Å². The summed E-state index contributed by atoms with van der Waals surface area (Å²) in [5, 5.41) is 12.8. The van der Waals surface area contributed by atoms with Gasteiger partial charge >= 0.3 is 5.97 Å². The van der Waals surface area contributed by atoms with Crippen LogP contribution >= 0.6 is 0 Å². The second-order valence-corrected chi connectivity index (χ2v) is 3.74. The second kappa shape index (κ2) is 5.77. The highest BCUT2D eigenvalue weighted by atomic mass is 19.1. The van der Waals surface area contributed by atoms with E-state index in [1.165, 1.54) is 18.3 Å². The van der Waals surface area contributed by atoms with Crippen molar-refractivity contribution in [2.24, 2.45) is 5.10 Å². The van der Waals surface area contributed by atoms with Gasteiger partial charge < -0.3 is 5.11 Å². The van der Waals surface area contributed by atoms with Gasteiger partial charge in [-0.2, -0.15) is 5.10 Å². The van der Waals surface area contributed by atoms with Gasteiger partial charge in [0.1, 0.15) is 5.82 Å². The number of para-hydroxylation sites is 1. The summed E-state index contributed by atoms with van der Waals surface area (Å²) >= 11 is 0. The van der Waals surface area contributed by atoms with E-state index in [2.05, 4.69) is 10.5 Å².